The summed E-state index contributed by atoms with van der Waals surface area (Å²) in [6, 6.07) is 0. The molecule has 0 bridgehead atoms. The van der Waals surface area contributed by atoms with Gasteiger partial charge in [0.2, 0.25) is 0 Å². The molecule has 0 aliphatic rings. The van der Waals surface area contributed by atoms with Crippen molar-refractivity contribution in [3.8, 4) is 0 Å². The molecule has 1 unspecified atom stereocenters. The zero-order valence-corrected chi connectivity index (χ0v) is 8.41. The van der Waals surface area contributed by atoms with Gasteiger partial charge in [-0.15, -0.1) is 6.58 Å². The van der Waals surface area contributed by atoms with Crippen LogP contribution in [0.2, 0.25) is 0 Å². The van der Waals surface area contributed by atoms with Crippen LogP contribution in [0, 0.1) is 0 Å². The summed E-state index contributed by atoms with van der Waals surface area (Å²) >= 11 is 0. The lowest BCUT2D eigenvalue weighted by Gasteiger charge is -2.02. The van der Waals surface area contributed by atoms with E-state index in [0.29, 0.717) is 5.71 Å². The largest absolute Gasteiger partial charge is 0.389 e. The van der Waals surface area contributed by atoms with Gasteiger partial charge in [-0.05, 0) is 6.92 Å². The molecule has 1 atom stereocenters. The van der Waals surface area contributed by atoms with E-state index in [9.17, 15) is 8.42 Å². The molecule has 0 rings (SSSR count). The van der Waals surface area contributed by atoms with Gasteiger partial charge >= 0.3 is 10.1 Å². The fraction of sp³-hybridized carbons (Fsp3) is 0.571. The van der Waals surface area contributed by atoms with Crippen molar-refractivity contribution in [3.05, 3.63) is 12.7 Å². The average Bonchev–Trinajstić information content (AvgIpc) is 1.99. The molecule has 0 aromatic carbocycles. The molecule has 13 heavy (non-hydrogen) atoms. The van der Waals surface area contributed by atoms with Gasteiger partial charge in [-0.25, -0.2) is 0 Å². The molecule has 0 amide bonds. The van der Waals surface area contributed by atoms with E-state index in [-0.39, 0.29) is 6.42 Å². The van der Waals surface area contributed by atoms with Crippen LogP contribution in [0.5, 0.6) is 0 Å². The molecular weight excluding hydrogens is 194 g/mol. The van der Waals surface area contributed by atoms with Crippen molar-refractivity contribution in [1.82, 2.24) is 0 Å². The Morgan fingerprint density at radius 3 is 2.69 bits per heavy atom. The van der Waals surface area contributed by atoms with Gasteiger partial charge in [-0.1, -0.05) is 11.2 Å². The highest BCUT2D eigenvalue weighted by Gasteiger charge is 2.03. The maximum absolute atomic E-state index is 10.5. The Morgan fingerprint density at radius 2 is 2.31 bits per heavy atom. The van der Waals surface area contributed by atoms with Crippen LogP contribution in [-0.4, -0.2) is 31.6 Å². The van der Waals surface area contributed by atoms with E-state index in [1.54, 1.807) is 6.92 Å². The molecular formula is C7H13NO4S. The topological polar surface area (TPSA) is 76.0 Å². The average molecular weight is 207 g/mol. The number of rotatable bonds is 5. The van der Waals surface area contributed by atoms with E-state index in [2.05, 4.69) is 16.0 Å². The van der Waals surface area contributed by atoms with Crippen LogP contribution < -0.4 is 0 Å². The molecule has 0 saturated carbocycles. The molecule has 0 radical (unpaired) electrons. The van der Waals surface area contributed by atoms with Crippen molar-refractivity contribution < 1.29 is 17.8 Å². The minimum absolute atomic E-state index is 0.207. The number of nitrogens with zero attached hydrogens (tertiary/aromatic N) is 1. The first kappa shape index (κ1) is 12.1. The monoisotopic (exact) mass is 207 g/mol. The molecule has 0 spiro atoms. The highest BCUT2D eigenvalue weighted by atomic mass is 32.2. The van der Waals surface area contributed by atoms with Crippen molar-refractivity contribution in [3.63, 3.8) is 0 Å². The second-order valence-corrected chi connectivity index (χ2v) is 4.17. The van der Waals surface area contributed by atoms with E-state index in [0.717, 1.165) is 6.26 Å². The molecule has 0 aliphatic heterocycles. The molecule has 0 aromatic heterocycles. The zero-order chi connectivity index (χ0) is 10.5. The number of aliphatic hydroxyl groups excluding tert-OH is 1. The van der Waals surface area contributed by atoms with Gasteiger partial charge in [-0.2, -0.15) is 8.42 Å². The van der Waals surface area contributed by atoms with Crippen LogP contribution in [0.1, 0.15) is 13.3 Å². The highest BCUT2D eigenvalue weighted by molar-refractivity contribution is 7.85. The van der Waals surface area contributed by atoms with Gasteiger partial charge in [0.15, 0.2) is 0 Å². The number of hydrogen-bond acceptors (Lipinski definition) is 5. The summed E-state index contributed by atoms with van der Waals surface area (Å²) in [7, 11) is -3.56. The summed E-state index contributed by atoms with van der Waals surface area (Å²) < 4.78 is 25.1. The predicted molar refractivity (Wildman–Crippen MR) is 49.9 cm³/mol. The molecule has 0 saturated heterocycles. The van der Waals surface area contributed by atoms with E-state index < -0.39 is 16.2 Å². The Bertz CT molecular complexity index is 294. The molecule has 0 heterocycles. The number of aliphatic hydroxyl groups is 1. The second-order valence-electron chi connectivity index (χ2n) is 2.61. The third kappa shape index (κ3) is 7.48. The molecule has 5 nitrogen and oxygen atoms in total. The van der Waals surface area contributed by atoms with Crippen molar-refractivity contribution >= 4 is 15.8 Å². The standard InChI is InChI=1S/C7H13NO4S/c1-4-7(9)5-6(2)8-12-13(3,10)11/h4,7,9H,1,5H2,2-3H3. The minimum Gasteiger partial charge on any atom is -0.389 e. The smallest absolute Gasteiger partial charge is 0.325 e. The molecule has 1 N–H and O–H groups in total. The van der Waals surface area contributed by atoms with Gasteiger partial charge in [0.05, 0.1) is 18.1 Å². The minimum atomic E-state index is -3.56. The van der Waals surface area contributed by atoms with E-state index in [4.69, 9.17) is 5.11 Å². The summed E-state index contributed by atoms with van der Waals surface area (Å²) in [6.45, 7) is 4.91. The van der Waals surface area contributed by atoms with Crippen LogP contribution in [0.4, 0.5) is 0 Å². The van der Waals surface area contributed by atoms with Gasteiger partial charge in [-0.3, -0.25) is 4.28 Å². The van der Waals surface area contributed by atoms with Crippen molar-refractivity contribution in [2.24, 2.45) is 5.16 Å². The lowest BCUT2D eigenvalue weighted by molar-refractivity contribution is 0.230. The van der Waals surface area contributed by atoms with E-state index in [1.807, 2.05) is 0 Å². The molecule has 76 valence electrons. The van der Waals surface area contributed by atoms with Gasteiger partial charge < -0.3 is 5.11 Å². The van der Waals surface area contributed by atoms with Crippen molar-refractivity contribution in [1.29, 1.82) is 0 Å². The number of hydrogen-bond donors (Lipinski definition) is 1. The first-order valence-corrected chi connectivity index (χ1v) is 5.39. The van der Waals surface area contributed by atoms with Crippen LogP contribution >= 0.6 is 0 Å². The third-order valence-corrected chi connectivity index (χ3v) is 1.45. The fourth-order valence-corrected chi connectivity index (χ4v) is 0.817. The Morgan fingerprint density at radius 1 is 1.77 bits per heavy atom. The first-order valence-electron chi connectivity index (χ1n) is 3.58. The maximum Gasteiger partial charge on any atom is 0.325 e. The normalized spacial score (nSPS) is 15.2. The van der Waals surface area contributed by atoms with Crippen LogP contribution in [0.25, 0.3) is 0 Å². The van der Waals surface area contributed by atoms with Gasteiger partial charge in [0, 0.05) is 6.42 Å². The van der Waals surface area contributed by atoms with Crippen LogP contribution in [0.15, 0.2) is 17.8 Å². The Hall–Kier alpha value is -0.880. The highest BCUT2D eigenvalue weighted by Crippen LogP contribution is 1.97. The Balaban J connectivity index is 4.11. The van der Waals surface area contributed by atoms with Crippen LogP contribution in [-0.2, 0) is 14.4 Å². The summed E-state index contributed by atoms with van der Waals surface area (Å²) in [4.78, 5) is 0. The maximum atomic E-state index is 10.5. The molecule has 0 aliphatic carbocycles. The van der Waals surface area contributed by atoms with Gasteiger partial charge in [0.25, 0.3) is 0 Å². The quantitative estimate of drug-likeness (QED) is 0.399. The molecule has 0 aromatic rings. The second kappa shape index (κ2) is 4.98. The zero-order valence-electron chi connectivity index (χ0n) is 7.60. The van der Waals surface area contributed by atoms with Crippen LogP contribution in [0.3, 0.4) is 0 Å². The van der Waals surface area contributed by atoms with E-state index >= 15 is 0 Å². The predicted octanol–water partition coefficient (Wildman–Crippen LogP) is 0.276. The first-order chi connectivity index (χ1) is 5.85. The van der Waals surface area contributed by atoms with E-state index in [1.165, 1.54) is 6.08 Å². The van der Waals surface area contributed by atoms with Crippen molar-refractivity contribution in [2.45, 2.75) is 19.4 Å². The summed E-state index contributed by atoms with van der Waals surface area (Å²) in [6.07, 6.45) is 1.71. The van der Waals surface area contributed by atoms with Crippen molar-refractivity contribution in [2.75, 3.05) is 6.26 Å². The summed E-state index contributed by atoms with van der Waals surface area (Å²) in [5.41, 5.74) is 0.387. The number of oxime groups is 1. The third-order valence-electron chi connectivity index (χ3n) is 1.11. The Kier molecular flexibility index (Phi) is 4.64. The summed E-state index contributed by atoms with van der Waals surface area (Å²) in [5.74, 6) is 0. The fourth-order valence-electron chi connectivity index (χ4n) is 0.555. The summed E-state index contributed by atoms with van der Waals surface area (Å²) in [5, 5.41) is 12.4. The molecule has 6 heteroatoms. The SMILES string of the molecule is C=CC(O)CC(C)=NOS(C)(=O)=O. The lowest BCUT2D eigenvalue weighted by Crippen LogP contribution is -2.09. The van der Waals surface area contributed by atoms with Gasteiger partial charge in [0.1, 0.15) is 0 Å². The lowest BCUT2D eigenvalue weighted by atomic mass is 10.2. The molecule has 0 fully saturated rings. The Labute approximate surface area is 77.8 Å².